The van der Waals surface area contributed by atoms with Gasteiger partial charge in [0.1, 0.15) is 5.82 Å². The summed E-state index contributed by atoms with van der Waals surface area (Å²) in [6.45, 7) is 5.77. The lowest BCUT2D eigenvalue weighted by Crippen LogP contribution is -2.25. The molecule has 1 aromatic rings. The van der Waals surface area contributed by atoms with Crippen LogP contribution in [0.25, 0.3) is 0 Å². The van der Waals surface area contributed by atoms with Crippen LogP contribution in [0.4, 0.5) is 10.1 Å². The zero-order valence-corrected chi connectivity index (χ0v) is 14.2. The standard InChI is InChI=1S/C15H23FINO2/c1-11(2)4-3-7-20-10-13(19)9-18-15-6-5-12(16)8-14(15)17/h5-6,8,11,13,18-19H,3-4,7,9-10H2,1-2H3. The molecule has 0 radical (unpaired) electrons. The first kappa shape index (κ1) is 17.7. The molecule has 1 atom stereocenters. The van der Waals surface area contributed by atoms with Crippen molar-refractivity contribution in [3.05, 3.63) is 27.6 Å². The van der Waals surface area contributed by atoms with Gasteiger partial charge in [0, 0.05) is 22.4 Å². The van der Waals surface area contributed by atoms with E-state index in [1.54, 1.807) is 6.07 Å². The summed E-state index contributed by atoms with van der Waals surface area (Å²) in [6.07, 6.45) is 1.60. The first-order valence-corrected chi connectivity index (χ1v) is 8.01. The van der Waals surface area contributed by atoms with Gasteiger partial charge in [-0.3, -0.25) is 0 Å². The van der Waals surface area contributed by atoms with Crippen molar-refractivity contribution in [2.24, 2.45) is 5.92 Å². The van der Waals surface area contributed by atoms with E-state index in [2.05, 4.69) is 41.8 Å². The van der Waals surface area contributed by atoms with E-state index in [1.807, 2.05) is 0 Å². The summed E-state index contributed by atoms with van der Waals surface area (Å²) in [5, 5.41) is 12.9. The maximum Gasteiger partial charge on any atom is 0.124 e. The van der Waals surface area contributed by atoms with Crippen LogP contribution in [0.15, 0.2) is 18.2 Å². The molecule has 5 heteroatoms. The summed E-state index contributed by atoms with van der Waals surface area (Å²) in [7, 11) is 0. The zero-order valence-electron chi connectivity index (χ0n) is 12.0. The Hall–Kier alpha value is -0.400. The van der Waals surface area contributed by atoms with Gasteiger partial charge in [0.15, 0.2) is 0 Å². The summed E-state index contributed by atoms with van der Waals surface area (Å²) in [5.41, 5.74) is 0.825. The smallest absolute Gasteiger partial charge is 0.124 e. The van der Waals surface area contributed by atoms with E-state index in [1.165, 1.54) is 12.1 Å². The van der Waals surface area contributed by atoms with Crippen LogP contribution in [-0.2, 0) is 4.74 Å². The first-order valence-electron chi connectivity index (χ1n) is 6.93. The number of nitrogens with one attached hydrogen (secondary N) is 1. The Morgan fingerprint density at radius 2 is 2.15 bits per heavy atom. The van der Waals surface area contributed by atoms with Gasteiger partial charge in [-0.15, -0.1) is 0 Å². The number of hydrogen-bond donors (Lipinski definition) is 2. The molecule has 0 fully saturated rings. The third-order valence-electron chi connectivity index (χ3n) is 2.84. The summed E-state index contributed by atoms with van der Waals surface area (Å²) in [6, 6.07) is 4.53. The number of aliphatic hydroxyl groups excluding tert-OH is 1. The van der Waals surface area contributed by atoms with E-state index in [4.69, 9.17) is 4.74 Å². The number of rotatable bonds is 9. The molecule has 3 nitrogen and oxygen atoms in total. The number of aliphatic hydroxyl groups is 1. The van der Waals surface area contributed by atoms with E-state index in [0.717, 1.165) is 22.1 Å². The van der Waals surface area contributed by atoms with Crippen LogP contribution in [0.3, 0.4) is 0 Å². The fourth-order valence-electron chi connectivity index (χ4n) is 1.73. The van der Waals surface area contributed by atoms with Gasteiger partial charge in [-0.1, -0.05) is 13.8 Å². The number of ether oxygens (including phenoxy) is 1. The lowest BCUT2D eigenvalue weighted by molar-refractivity contribution is 0.0409. The molecule has 0 aliphatic rings. The first-order chi connectivity index (χ1) is 9.49. The second-order valence-corrected chi connectivity index (χ2v) is 6.43. The molecule has 20 heavy (non-hydrogen) atoms. The maximum absolute atomic E-state index is 12.9. The van der Waals surface area contributed by atoms with Gasteiger partial charge in [0.2, 0.25) is 0 Å². The molecule has 0 saturated carbocycles. The van der Waals surface area contributed by atoms with E-state index in [-0.39, 0.29) is 5.82 Å². The van der Waals surface area contributed by atoms with Gasteiger partial charge in [-0.05, 0) is 59.5 Å². The fourth-order valence-corrected chi connectivity index (χ4v) is 2.40. The monoisotopic (exact) mass is 395 g/mol. The van der Waals surface area contributed by atoms with Gasteiger partial charge in [0.05, 0.1) is 12.7 Å². The second-order valence-electron chi connectivity index (χ2n) is 5.27. The molecular weight excluding hydrogens is 372 g/mol. The van der Waals surface area contributed by atoms with E-state index in [0.29, 0.717) is 25.7 Å². The summed E-state index contributed by atoms with van der Waals surface area (Å²) >= 11 is 2.06. The van der Waals surface area contributed by atoms with Crippen LogP contribution < -0.4 is 5.32 Å². The van der Waals surface area contributed by atoms with E-state index in [9.17, 15) is 9.50 Å². The highest BCUT2D eigenvalue weighted by Gasteiger charge is 2.06. The lowest BCUT2D eigenvalue weighted by Gasteiger charge is -2.14. The molecule has 1 rings (SSSR count). The van der Waals surface area contributed by atoms with Crippen molar-refractivity contribution >= 4 is 28.3 Å². The molecule has 2 N–H and O–H groups in total. The minimum absolute atomic E-state index is 0.256. The molecule has 0 aliphatic heterocycles. The molecule has 1 unspecified atom stereocenters. The van der Waals surface area contributed by atoms with E-state index >= 15 is 0 Å². The van der Waals surface area contributed by atoms with Crippen LogP contribution in [0.5, 0.6) is 0 Å². The van der Waals surface area contributed by atoms with Crippen LogP contribution in [0.2, 0.25) is 0 Å². The minimum Gasteiger partial charge on any atom is -0.389 e. The summed E-state index contributed by atoms with van der Waals surface area (Å²) in [4.78, 5) is 0. The highest BCUT2D eigenvalue weighted by atomic mass is 127. The molecule has 0 spiro atoms. The maximum atomic E-state index is 12.9. The third kappa shape index (κ3) is 7.40. The van der Waals surface area contributed by atoms with Crippen molar-refractivity contribution < 1.29 is 14.2 Å². The normalized spacial score (nSPS) is 12.7. The molecule has 114 valence electrons. The molecular formula is C15H23FINO2. The quantitative estimate of drug-likeness (QED) is 0.496. The van der Waals surface area contributed by atoms with Gasteiger partial charge < -0.3 is 15.2 Å². The van der Waals surface area contributed by atoms with Crippen molar-refractivity contribution in [3.8, 4) is 0 Å². The van der Waals surface area contributed by atoms with Crippen molar-refractivity contribution in [2.75, 3.05) is 25.1 Å². The number of halogens is 2. The SMILES string of the molecule is CC(C)CCCOCC(O)CNc1ccc(F)cc1I. The van der Waals surface area contributed by atoms with Crippen LogP contribution in [-0.4, -0.2) is 31.0 Å². The molecule has 0 aromatic heterocycles. The molecule has 0 heterocycles. The lowest BCUT2D eigenvalue weighted by atomic mass is 10.1. The molecule has 1 aromatic carbocycles. The highest BCUT2D eigenvalue weighted by Crippen LogP contribution is 2.18. The number of anilines is 1. The van der Waals surface area contributed by atoms with Gasteiger partial charge in [-0.2, -0.15) is 0 Å². The van der Waals surface area contributed by atoms with E-state index < -0.39 is 6.10 Å². The van der Waals surface area contributed by atoms with Crippen molar-refractivity contribution in [1.29, 1.82) is 0 Å². The Morgan fingerprint density at radius 1 is 1.40 bits per heavy atom. The minimum atomic E-state index is -0.560. The Balaban J connectivity index is 2.18. The predicted molar refractivity (Wildman–Crippen MR) is 88.5 cm³/mol. The Labute approximate surface area is 134 Å². The average molecular weight is 395 g/mol. The molecule has 0 amide bonds. The van der Waals surface area contributed by atoms with Crippen molar-refractivity contribution in [1.82, 2.24) is 0 Å². The largest absolute Gasteiger partial charge is 0.389 e. The third-order valence-corrected chi connectivity index (χ3v) is 3.73. The van der Waals surface area contributed by atoms with Gasteiger partial charge in [-0.25, -0.2) is 4.39 Å². The molecule has 0 bridgehead atoms. The average Bonchev–Trinajstić information content (AvgIpc) is 2.37. The Morgan fingerprint density at radius 3 is 2.80 bits per heavy atom. The van der Waals surface area contributed by atoms with Crippen LogP contribution >= 0.6 is 22.6 Å². The molecule has 0 aliphatic carbocycles. The predicted octanol–water partition coefficient (Wildman–Crippen LogP) is 3.66. The zero-order chi connectivity index (χ0) is 15.0. The van der Waals surface area contributed by atoms with Crippen molar-refractivity contribution in [3.63, 3.8) is 0 Å². The summed E-state index contributed by atoms with van der Waals surface area (Å²) < 4.78 is 19.2. The van der Waals surface area contributed by atoms with Gasteiger partial charge in [0.25, 0.3) is 0 Å². The van der Waals surface area contributed by atoms with Crippen molar-refractivity contribution in [2.45, 2.75) is 32.8 Å². The number of hydrogen-bond acceptors (Lipinski definition) is 3. The second kappa shape index (κ2) is 9.52. The summed E-state index contributed by atoms with van der Waals surface area (Å²) in [5.74, 6) is 0.430. The topological polar surface area (TPSA) is 41.5 Å². The number of benzene rings is 1. The Kier molecular flexibility index (Phi) is 8.40. The fraction of sp³-hybridized carbons (Fsp3) is 0.600. The Bertz CT molecular complexity index is 401. The van der Waals surface area contributed by atoms with Crippen LogP contribution in [0.1, 0.15) is 26.7 Å². The van der Waals surface area contributed by atoms with Gasteiger partial charge >= 0.3 is 0 Å². The molecule has 0 saturated heterocycles. The van der Waals surface area contributed by atoms with Crippen LogP contribution in [0, 0.1) is 15.3 Å². The highest BCUT2D eigenvalue weighted by molar-refractivity contribution is 14.1.